The fourth-order valence-electron chi connectivity index (χ4n) is 1.23. The van der Waals surface area contributed by atoms with Crippen molar-refractivity contribution in [1.82, 2.24) is 0 Å². The van der Waals surface area contributed by atoms with Gasteiger partial charge in [0.05, 0.1) is 0 Å². The first-order chi connectivity index (χ1) is 6.53. The average Bonchev–Trinajstić information content (AvgIpc) is 2.14. The zero-order valence-electron chi connectivity index (χ0n) is 8.91. The van der Waals surface area contributed by atoms with Crippen molar-refractivity contribution in [1.29, 1.82) is 5.26 Å². The van der Waals surface area contributed by atoms with E-state index in [1.165, 1.54) is 0 Å². The Hall–Kier alpha value is -1.01. The van der Waals surface area contributed by atoms with Crippen LogP contribution in [0.3, 0.4) is 0 Å². The second-order valence-electron chi connectivity index (χ2n) is 4.40. The van der Waals surface area contributed by atoms with E-state index in [2.05, 4.69) is 28.2 Å². The molecule has 0 aliphatic rings. The van der Waals surface area contributed by atoms with Crippen LogP contribution in [0.4, 0.5) is 0 Å². The van der Waals surface area contributed by atoms with Crippen molar-refractivity contribution in [2.45, 2.75) is 17.3 Å². The van der Waals surface area contributed by atoms with E-state index < -0.39 is 13.3 Å². The van der Waals surface area contributed by atoms with Gasteiger partial charge in [0.15, 0.2) is 0 Å². The van der Waals surface area contributed by atoms with Crippen molar-refractivity contribution in [2.24, 2.45) is 0 Å². The van der Waals surface area contributed by atoms with Gasteiger partial charge in [-0.1, -0.05) is 0 Å². The molecule has 1 aromatic rings. The van der Waals surface area contributed by atoms with Crippen LogP contribution in [0.2, 0.25) is 17.3 Å². The monoisotopic (exact) mass is 247 g/mol. The minimum absolute atomic E-state index is 0.832. The molecule has 14 heavy (non-hydrogen) atoms. The molecule has 0 saturated carbocycles. The van der Waals surface area contributed by atoms with Gasteiger partial charge in [-0.05, 0) is 0 Å². The topological polar surface area (TPSA) is 23.8 Å². The fraction of sp³-hybridized carbons (Fsp3) is 0.250. The summed E-state index contributed by atoms with van der Waals surface area (Å²) in [6.45, 7) is 0. The van der Waals surface area contributed by atoms with Gasteiger partial charge in [-0.2, -0.15) is 0 Å². The fourth-order valence-corrected chi connectivity index (χ4v) is 3.53. The summed E-state index contributed by atoms with van der Waals surface area (Å²) in [6, 6.07) is 12.2. The summed E-state index contributed by atoms with van der Waals surface area (Å²) < 4.78 is 0. The maximum absolute atomic E-state index is 9.05. The molecule has 0 spiro atoms. The van der Waals surface area contributed by atoms with Crippen molar-refractivity contribution in [3.63, 3.8) is 0 Å². The van der Waals surface area contributed by atoms with Crippen LogP contribution < -0.4 is 0 Å². The third kappa shape index (κ3) is 3.39. The zero-order valence-corrected chi connectivity index (χ0v) is 11.0. The third-order valence-corrected chi connectivity index (χ3v) is 4.21. The second-order valence-corrected chi connectivity index (χ2v) is 14.9. The van der Waals surface area contributed by atoms with E-state index in [4.69, 9.17) is 5.26 Å². The Kier molecular flexibility index (Phi) is 3.54. The summed E-state index contributed by atoms with van der Waals surface area (Å²) in [4.78, 5) is 2.19. The number of nitrogens with zero attached hydrogens (tertiary/aromatic N) is 1. The molecule has 0 aliphatic carbocycles. The van der Waals surface area contributed by atoms with Crippen LogP contribution in [0, 0.1) is 11.3 Å². The molecule has 72 valence electrons. The van der Waals surface area contributed by atoms with Gasteiger partial charge in [-0.15, -0.1) is 0 Å². The Morgan fingerprint density at radius 3 is 2.21 bits per heavy atom. The molecule has 0 bridgehead atoms. The molecule has 1 nitrogen and oxygen atoms in total. The van der Waals surface area contributed by atoms with Crippen LogP contribution in [0.5, 0.6) is 0 Å². The zero-order chi connectivity index (χ0) is 10.6. The number of allylic oxidation sites excluding steroid dienone is 1. The van der Waals surface area contributed by atoms with E-state index in [9.17, 15) is 0 Å². The number of hydrogen-bond acceptors (Lipinski definition) is 1. The van der Waals surface area contributed by atoms with Crippen molar-refractivity contribution in [2.75, 3.05) is 0 Å². The standard InChI is InChI=1S/C12H15GeN/c1-13(2,3)9-12(10-14)11-7-5-4-6-8-11/h4-9H,1-3H3/b12-9+. The molecule has 0 atom stereocenters. The normalized spacial score (nSPS) is 12.3. The second kappa shape index (κ2) is 4.48. The number of rotatable bonds is 2. The molecule has 1 rings (SSSR count). The average molecular weight is 246 g/mol. The molecule has 0 aliphatic heterocycles. The van der Waals surface area contributed by atoms with Crippen molar-refractivity contribution < 1.29 is 0 Å². The molecular weight excluding hydrogens is 231 g/mol. The van der Waals surface area contributed by atoms with Crippen LogP contribution in [-0.2, 0) is 0 Å². The van der Waals surface area contributed by atoms with E-state index in [0.29, 0.717) is 0 Å². The molecule has 0 radical (unpaired) electrons. The SMILES string of the molecule is [CH3][Ge]([CH3])([CH3])/[CH]=C(\C#N)c1ccccc1. The van der Waals surface area contributed by atoms with E-state index >= 15 is 0 Å². The summed E-state index contributed by atoms with van der Waals surface area (Å²) in [7, 11) is 0. The number of benzene rings is 1. The number of nitriles is 1. The van der Waals surface area contributed by atoms with Gasteiger partial charge in [0.2, 0.25) is 0 Å². The van der Waals surface area contributed by atoms with Gasteiger partial charge in [0.1, 0.15) is 0 Å². The van der Waals surface area contributed by atoms with Gasteiger partial charge in [0, 0.05) is 0 Å². The third-order valence-electron chi connectivity index (χ3n) is 1.78. The van der Waals surface area contributed by atoms with E-state index in [1.807, 2.05) is 30.3 Å². The van der Waals surface area contributed by atoms with Gasteiger partial charge in [0.25, 0.3) is 0 Å². The van der Waals surface area contributed by atoms with E-state index in [0.717, 1.165) is 11.1 Å². The van der Waals surface area contributed by atoms with Crippen LogP contribution in [0.25, 0.3) is 5.57 Å². The Bertz CT molecular complexity index is 366. The first-order valence-electron chi connectivity index (χ1n) is 4.71. The van der Waals surface area contributed by atoms with Gasteiger partial charge < -0.3 is 0 Å². The molecule has 0 fully saturated rings. The summed E-state index contributed by atoms with van der Waals surface area (Å²) in [5.74, 6) is 6.83. The first-order valence-corrected chi connectivity index (χ1v) is 12.2. The predicted molar refractivity (Wildman–Crippen MR) is 63.4 cm³/mol. The van der Waals surface area contributed by atoms with Crippen LogP contribution in [0.1, 0.15) is 5.56 Å². The number of hydrogen-bond donors (Lipinski definition) is 0. The summed E-state index contributed by atoms with van der Waals surface area (Å²) >= 11 is -1.78. The van der Waals surface area contributed by atoms with E-state index in [-0.39, 0.29) is 0 Å². The van der Waals surface area contributed by atoms with Crippen LogP contribution in [0.15, 0.2) is 35.2 Å². The molecule has 0 aromatic heterocycles. The molecule has 0 unspecified atom stereocenters. The summed E-state index contributed by atoms with van der Waals surface area (Å²) in [5, 5.41) is 9.05. The summed E-state index contributed by atoms with van der Waals surface area (Å²) in [5.41, 5.74) is 1.87. The molecular formula is C12H15GeN. The Balaban J connectivity index is 3.08. The Morgan fingerprint density at radius 2 is 1.79 bits per heavy atom. The van der Waals surface area contributed by atoms with E-state index in [1.54, 1.807) is 0 Å². The summed E-state index contributed by atoms with van der Waals surface area (Å²) in [6.07, 6.45) is 0. The Morgan fingerprint density at radius 1 is 1.21 bits per heavy atom. The van der Waals surface area contributed by atoms with Gasteiger partial charge in [-0.3, -0.25) is 0 Å². The molecule has 0 N–H and O–H groups in total. The Labute approximate surface area is 88.4 Å². The molecule has 0 saturated heterocycles. The van der Waals surface area contributed by atoms with Gasteiger partial charge >= 0.3 is 88.2 Å². The predicted octanol–water partition coefficient (Wildman–Crippen LogP) is 3.47. The maximum atomic E-state index is 9.05. The molecule has 1 aromatic carbocycles. The quantitative estimate of drug-likeness (QED) is 0.578. The van der Waals surface area contributed by atoms with Crippen LogP contribution in [-0.4, -0.2) is 13.3 Å². The van der Waals surface area contributed by atoms with Crippen molar-refractivity contribution in [3.05, 3.63) is 40.8 Å². The molecule has 0 heterocycles. The minimum atomic E-state index is -1.78. The first kappa shape index (κ1) is 11.1. The van der Waals surface area contributed by atoms with Crippen molar-refractivity contribution >= 4 is 18.8 Å². The molecule has 0 amide bonds. The van der Waals surface area contributed by atoms with Crippen LogP contribution >= 0.6 is 0 Å². The molecule has 2 heteroatoms. The van der Waals surface area contributed by atoms with Gasteiger partial charge in [-0.25, -0.2) is 0 Å². The van der Waals surface area contributed by atoms with Crippen molar-refractivity contribution in [3.8, 4) is 6.07 Å².